The third kappa shape index (κ3) is 11.4. The number of piperidine rings is 3. The maximum atomic E-state index is 13.0. The number of carbonyl (C=O) groups is 5. The van der Waals surface area contributed by atoms with Crippen LogP contribution < -0.4 is 36.3 Å². The lowest BCUT2D eigenvalue weighted by Crippen LogP contribution is -2.48. The van der Waals surface area contributed by atoms with Gasteiger partial charge in [0, 0.05) is 105 Å². The summed E-state index contributed by atoms with van der Waals surface area (Å²) in [6.45, 7) is 3.51. The van der Waals surface area contributed by atoms with E-state index in [2.05, 4.69) is 38.4 Å². The Morgan fingerprint density at radius 1 is 0.828 bits per heavy atom. The van der Waals surface area contributed by atoms with Gasteiger partial charge >= 0.3 is 0 Å². The lowest BCUT2D eigenvalue weighted by molar-refractivity contribution is -0.134. The van der Waals surface area contributed by atoms with Gasteiger partial charge in [-0.25, -0.2) is 0 Å². The number of carbonyl (C=O) groups excluding carboxylic acids is 5. The van der Waals surface area contributed by atoms with E-state index in [1.807, 2.05) is 34.1 Å². The number of nitrogens with zero attached hydrogens (tertiary/aromatic N) is 4. The number of hydrogen-bond acceptors (Lipinski definition) is 11. The molecule has 1 aromatic heterocycles. The van der Waals surface area contributed by atoms with E-state index in [1.54, 1.807) is 38.2 Å². The molecule has 1 atom stereocenters. The lowest BCUT2D eigenvalue weighted by atomic mass is 9.89. The van der Waals surface area contributed by atoms with Crippen molar-refractivity contribution in [2.75, 3.05) is 52.3 Å². The second-order valence-corrected chi connectivity index (χ2v) is 17.3. The van der Waals surface area contributed by atoms with Crippen molar-refractivity contribution in [3.05, 3.63) is 75.2 Å². The molecular formula is C48H62N8O8. The first-order valence-electron chi connectivity index (χ1n) is 22.7. The van der Waals surface area contributed by atoms with Crippen molar-refractivity contribution in [3.8, 4) is 22.6 Å². The molecule has 0 aliphatic carbocycles. The fourth-order valence-electron chi connectivity index (χ4n) is 9.31. The summed E-state index contributed by atoms with van der Waals surface area (Å²) in [6, 6.07) is 11.6. The third-order valence-corrected chi connectivity index (χ3v) is 13.0. The van der Waals surface area contributed by atoms with Crippen LogP contribution in [0.2, 0.25) is 0 Å². The molecular weight excluding hydrogens is 817 g/mol. The molecule has 5 amide bonds. The topological polar surface area (TPSA) is 193 Å². The number of imide groups is 1. The summed E-state index contributed by atoms with van der Waals surface area (Å²) >= 11 is 0. The first-order valence-corrected chi connectivity index (χ1v) is 22.7. The number of aliphatic imine (C=N–C) groups is 1. The molecule has 3 saturated heterocycles. The van der Waals surface area contributed by atoms with Gasteiger partial charge in [0.1, 0.15) is 17.5 Å². The van der Waals surface area contributed by atoms with Crippen molar-refractivity contribution >= 4 is 41.4 Å². The number of benzene rings is 2. The third-order valence-electron chi connectivity index (χ3n) is 13.0. The van der Waals surface area contributed by atoms with Crippen LogP contribution in [0.3, 0.4) is 0 Å². The highest BCUT2D eigenvalue weighted by atomic mass is 16.5. The quantitative estimate of drug-likeness (QED) is 0.107. The molecule has 4 N–H and O–H groups in total. The average Bonchev–Trinajstić information content (AvgIpc) is 3.81. The number of amides is 5. The van der Waals surface area contributed by atoms with E-state index in [-0.39, 0.29) is 47.7 Å². The Morgan fingerprint density at radius 2 is 1.45 bits per heavy atom. The Morgan fingerprint density at radius 3 is 2.06 bits per heavy atom. The molecule has 342 valence electrons. The number of unbranched alkanes of at least 4 members (excludes halogenated alkanes) is 3. The van der Waals surface area contributed by atoms with Crippen molar-refractivity contribution in [2.24, 2.45) is 12.0 Å². The van der Waals surface area contributed by atoms with Crippen molar-refractivity contribution in [1.82, 2.24) is 30.3 Å². The lowest BCUT2D eigenvalue weighted by Gasteiger charge is -2.32. The minimum absolute atomic E-state index is 0.000239. The summed E-state index contributed by atoms with van der Waals surface area (Å²) in [5.74, 6) is 1.30. The number of rotatable bonds is 18. The van der Waals surface area contributed by atoms with Crippen LogP contribution in [0.5, 0.6) is 11.5 Å². The highest BCUT2D eigenvalue weighted by molar-refractivity contribution is 6.01. The molecule has 16 heteroatoms. The maximum absolute atomic E-state index is 13.0. The number of anilines is 1. The number of pyridine rings is 1. The molecule has 3 fully saturated rings. The Kier molecular flexibility index (Phi) is 15.5. The average molecular weight is 879 g/mol. The molecule has 5 heterocycles. The van der Waals surface area contributed by atoms with E-state index in [1.165, 1.54) is 5.56 Å². The van der Waals surface area contributed by atoms with Gasteiger partial charge in [0.2, 0.25) is 29.5 Å². The van der Waals surface area contributed by atoms with Gasteiger partial charge in [-0.15, -0.1) is 0 Å². The maximum Gasteiger partial charge on any atom is 0.256 e. The predicted octanol–water partition coefficient (Wildman–Crippen LogP) is 4.16. The molecule has 0 spiro atoms. The Balaban J connectivity index is 0.741. The second kappa shape index (κ2) is 21.6. The van der Waals surface area contributed by atoms with Crippen LogP contribution in [-0.4, -0.2) is 109 Å². The molecule has 4 aliphatic rings. The van der Waals surface area contributed by atoms with Gasteiger partial charge in [0.15, 0.2) is 0 Å². The molecule has 7 rings (SSSR count). The van der Waals surface area contributed by atoms with Gasteiger partial charge in [0.25, 0.3) is 5.56 Å². The molecule has 3 aromatic rings. The number of likely N-dealkylation sites (tertiary alicyclic amines) is 2. The summed E-state index contributed by atoms with van der Waals surface area (Å²) in [7, 11) is 4.91. The van der Waals surface area contributed by atoms with E-state index in [9.17, 15) is 28.8 Å². The van der Waals surface area contributed by atoms with E-state index < -0.39 is 6.04 Å². The highest BCUT2D eigenvalue weighted by Crippen LogP contribution is 2.37. The summed E-state index contributed by atoms with van der Waals surface area (Å²) in [6.07, 6.45) is 12.0. The first kappa shape index (κ1) is 46.0. The van der Waals surface area contributed by atoms with Gasteiger partial charge in [0.05, 0.1) is 27.3 Å². The first-order chi connectivity index (χ1) is 31.0. The zero-order valence-corrected chi connectivity index (χ0v) is 37.3. The van der Waals surface area contributed by atoms with Crippen LogP contribution in [-0.2, 0) is 44.1 Å². The van der Waals surface area contributed by atoms with E-state index in [4.69, 9.17) is 9.47 Å². The van der Waals surface area contributed by atoms with Crippen molar-refractivity contribution in [2.45, 2.75) is 108 Å². The van der Waals surface area contributed by atoms with E-state index in [0.717, 1.165) is 79.6 Å². The minimum atomic E-state index is -0.407. The molecule has 0 bridgehead atoms. The SMILES string of the molecule is COc1cc(-c2cn(C)c(=O)c3c2C=NC3)cc(OC)c1CNCC(=O)NC1CCN(C(=O)CCCCCCC(=O)N2CCC(c3ccc(NC4CCC(=O)NC4=O)cc3)CC2)CC1. The normalized spacial score (nSPS) is 17.8. The molecule has 0 saturated carbocycles. The number of aryl methyl sites for hydroxylation is 1. The Hall–Kier alpha value is -6.03. The number of methoxy groups -OCH3 is 2. The molecule has 16 nitrogen and oxygen atoms in total. The van der Waals surface area contributed by atoms with Gasteiger partial charge in [-0.2, -0.15) is 0 Å². The number of nitrogens with one attached hydrogen (secondary N) is 4. The number of aromatic nitrogens is 1. The van der Waals surface area contributed by atoms with E-state index in [0.29, 0.717) is 87.7 Å². The molecule has 2 aromatic carbocycles. The van der Waals surface area contributed by atoms with Crippen LogP contribution in [0, 0.1) is 0 Å². The predicted molar refractivity (Wildman–Crippen MR) is 243 cm³/mol. The highest BCUT2D eigenvalue weighted by Gasteiger charge is 2.28. The Labute approximate surface area is 374 Å². The van der Waals surface area contributed by atoms with Crippen molar-refractivity contribution in [1.29, 1.82) is 0 Å². The fourth-order valence-corrected chi connectivity index (χ4v) is 9.31. The number of ether oxygens (including phenoxy) is 2. The monoisotopic (exact) mass is 878 g/mol. The van der Waals surface area contributed by atoms with Gasteiger partial charge in [-0.05, 0) is 86.3 Å². The number of fused-ring (bicyclic) bond motifs is 1. The summed E-state index contributed by atoms with van der Waals surface area (Å²) in [5.41, 5.74) is 5.95. The van der Waals surface area contributed by atoms with Crippen molar-refractivity contribution < 1.29 is 33.4 Å². The van der Waals surface area contributed by atoms with Gasteiger partial charge < -0.3 is 39.8 Å². The van der Waals surface area contributed by atoms with Gasteiger partial charge in [-0.1, -0.05) is 25.0 Å². The van der Waals surface area contributed by atoms with Crippen LogP contribution in [0.15, 0.2) is 52.4 Å². The van der Waals surface area contributed by atoms with Crippen LogP contribution in [0.4, 0.5) is 5.69 Å². The zero-order valence-electron chi connectivity index (χ0n) is 37.3. The van der Waals surface area contributed by atoms with Gasteiger partial charge in [-0.3, -0.25) is 39.1 Å². The summed E-state index contributed by atoms with van der Waals surface area (Å²) in [4.78, 5) is 83.2. The smallest absolute Gasteiger partial charge is 0.256 e. The summed E-state index contributed by atoms with van der Waals surface area (Å²) in [5, 5.41) is 11.9. The summed E-state index contributed by atoms with van der Waals surface area (Å²) < 4.78 is 13.1. The fraction of sp³-hybridized carbons (Fsp3) is 0.521. The molecule has 64 heavy (non-hydrogen) atoms. The van der Waals surface area contributed by atoms with Crippen LogP contribution in [0.25, 0.3) is 11.1 Å². The van der Waals surface area contributed by atoms with Crippen molar-refractivity contribution in [3.63, 3.8) is 0 Å². The molecule has 0 radical (unpaired) electrons. The molecule has 1 unspecified atom stereocenters. The zero-order chi connectivity index (χ0) is 45.2. The Bertz CT molecular complexity index is 2250. The van der Waals surface area contributed by atoms with Crippen LogP contribution in [0.1, 0.15) is 105 Å². The number of hydrogen-bond donors (Lipinski definition) is 4. The van der Waals surface area contributed by atoms with Crippen LogP contribution >= 0.6 is 0 Å². The minimum Gasteiger partial charge on any atom is -0.496 e. The molecule has 4 aliphatic heterocycles. The second-order valence-electron chi connectivity index (χ2n) is 17.3. The van der Waals surface area contributed by atoms with E-state index >= 15 is 0 Å². The largest absolute Gasteiger partial charge is 0.496 e. The standard InChI is InChI=1S/C48H62N8O8/c1-54-30-39(36-26-49-27-37(36)48(54)62)33-24-41(63-2)38(42(25-33)64-3)28-50-29-44(58)52-35-18-22-56(23-19-35)46(60)9-7-5-4-6-8-45(59)55-20-16-32(17-21-55)31-10-12-34(13-11-31)51-40-14-15-43(57)53-47(40)61/h10-13,24-26,30,32,35,40,50-51H,4-9,14-23,27-29H2,1-3H3,(H,52,58)(H,53,57,61).